The van der Waals surface area contributed by atoms with Gasteiger partial charge in [-0.25, -0.2) is 8.60 Å². The molecule has 0 fully saturated rings. The highest BCUT2D eigenvalue weighted by Crippen LogP contribution is 2.26. The van der Waals surface area contributed by atoms with Gasteiger partial charge in [0.05, 0.1) is 4.75 Å². The number of nitrogens with zero attached hydrogens (tertiary/aromatic N) is 1. The molecule has 8 heteroatoms. The predicted octanol–water partition coefficient (Wildman–Crippen LogP) is 3.61. The Morgan fingerprint density at radius 2 is 1.85 bits per heavy atom. The third kappa shape index (κ3) is 4.92. The molecule has 0 aliphatic carbocycles. The molecule has 0 aromatic heterocycles. The second-order valence-electron chi connectivity index (χ2n) is 4.80. The molecule has 3 nitrogen and oxygen atoms in total. The Morgan fingerprint density at radius 3 is 2.35 bits per heavy atom. The molecule has 0 saturated heterocycles. The molecule has 0 N–H and O–H groups in total. The van der Waals surface area contributed by atoms with E-state index >= 15 is 0 Å². The molecule has 0 heterocycles. The maximum atomic E-state index is 13.7. The fourth-order valence-electron chi connectivity index (χ4n) is 1.09. The fraction of sp³-hybridized carbons (Fsp3) is 0.417. The third-order valence-electron chi connectivity index (χ3n) is 2.03. The standard InChI is InChI=1S/C12H13F4NO2S/c1-11(2,3)20(18)17-7-8-5-4-6-9(10(8)13)19-12(14,15)16/h4-7H,1-3H3/t20-/m0/s1. The number of ether oxygens (including phenoxy) is 1. The van der Waals surface area contributed by atoms with Crippen molar-refractivity contribution in [3.05, 3.63) is 29.6 Å². The SMILES string of the molecule is CC(C)(C)[S@](=O)N=Cc1cccc(OC(F)(F)F)c1F. The van der Waals surface area contributed by atoms with Crippen LogP contribution in [0.5, 0.6) is 5.75 Å². The van der Waals surface area contributed by atoms with E-state index in [9.17, 15) is 21.8 Å². The Hall–Kier alpha value is -1.44. The van der Waals surface area contributed by atoms with Gasteiger partial charge in [-0.15, -0.1) is 13.2 Å². The monoisotopic (exact) mass is 311 g/mol. The van der Waals surface area contributed by atoms with Crippen LogP contribution in [0.2, 0.25) is 0 Å². The molecule has 0 bridgehead atoms. The van der Waals surface area contributed by atoms with Gasteiger partial charge in [0.1, 0.15) is 11.0 Å². The molecule has 1 aromatic rings. The number of halogens is 4. The van der Waals surface area contributed by atoms with Crippen molar-refractivity contribution in [1.29, 1.82) is 0 Å². The van der Waals surface area contributed by atoms with Gasteiger partial charge in [0.2, 0.25) is 0 Å². The number of hydrogen-bond acceptors (Lipinski definition) is 2. The normalized spacial score (nSPS) is 14.6. The van der Waals surface area contributed by atoms with E-state index < -0.39 is 33.7 Å². The Kier molecular flexibility index (Phi) is 4.90. The van der Waals surface area contributed by atoms with Crippen molar-refractivity contribution >= 4 is 17.2 Å². The maximum Gasteiger partial charge on any atom is 0.573 e. The minimum absolute atomic E-state index is 0.232. The summed E-state index contributed by atoms with van der Waals surface area (Å²) in [6.07, 6.45) is -4.05. The van der Waals surface area contributed by atoms with Crippen molar-refractivity contribution < 1.29 is 26.5 Å². The van der Waals surface area contributed by atoms with Gasteiger partial charge in [-0.2, -0.15) is 4.40 Å². The van der Waals surface area contributed by atoms with Gasteiger partial charge < -0.3 is 4.74 Å². The largest absolute Gasteiger partial charge is 0.573 e. The van der Waals surface area contributed by atoms with E-state index in [-0.39, 0.29) is 5.56 Å². The molecule has 1 rings (SSSR count). The summed E-state index contributed by atoms with van der Waals surface area (Å²) in [6.45, 7) is 5.00. The zero-order chi connectivity index (χ0) is 15.6. The van der Waals surface area contributed by atoms with Crippen LogP contribution in [0, 0.1) is 5.82 Å². The van der Waals surface area contributed by atoms with Crippen LogP contribution < -0.4 is 4.74 Å². The highest BCUT2D eigenvalue weighted by atomic mass is 32.2. The molecule has 0 spiro atoms. The van der Waals surface area contributed by atoms with Crippen LogP contribution in [0.4, 0.5) is 17.6 Å². The van der Waals surface area contributed by atoms with Crippen LogP contribution in [0.15, 0.2) is 22.6 Å². The highest BCUT2D eigenvalue weighted by Gasteiger charge is 2.32. The molecule has 0 unspecified atom stereocenters. The molecular weight excluding hydrogens is 298 g/mol. The summed E-state index contributed by atoms with van der Waals surface area (Å²) in [5.41, 5.74) is -0.232. The lowest BCUT2D eigenvalue weighted by atomic mass is 10.2. The van der Waals surface area contributed by atoms with Crippen LogP contribution in [-0.2, 0) is 11.0 Å². The van der Waals surface area contributed by atoms with E-state index in [2.05, 4.69) is 9.13 Å². The fourth-order valence-corrected chi connectivity index (χ4v) is 1.62. The minimum Gasteiger partial charge on any atom is -0.403 e. The van der Waals surface area contributed by atoms with Gasteiger partial charge in [0.25, 0.3) is 0 Å². The molecule has 112 valence electrons. The van der Waals surface area contributed by atoms with Crippen molar-refractivity contribution in [1.82, 2.24) is 0 Å². The average Bonchev–Trinajstić information content (AvgIpc) is 2.27. The van der Waals surface area contributed by atoms with Gasteiger partial charge >= 0.3 is 6.36 Å². The number of rotatable bonds is 3. The summed E-state index contributed by atoms with van der Waals surface area (Å²) >= 11 is 0. The van der Waals surface area contributed by atoms with E-state index in [1.54, 1.807) is 20.8 Å². The van der Waals surface area contributed by atoms with E-state index in [4.69, 9.17) is 0 Å². The Morgan fingerprint density at radius 1 is 1.25 bits per heavy atom. The molecule has 20 heavy (non-hydrogen) atoms. The van der Waals surface area contributed by atoms with Gasteiger partial charge in [-0.1, -0.05) is 12.1 Å². The second kappa shape index (κ2) is 5.90. The van der Waals surface area contributed by atoms with E-state index in [0.717, 1.165) is 12.3 Å². The van der Waals surface area contributed by atoms with Gasteiger partial charge in [-0.05, 0) is 26.8 Å². The van der Waals surface area contributed by atoms with Gasteiger partial charge in [0, 0.05) is 11.8 Å². The lowest BCUT2D eigenvalue weighted by Crippen LogP contribution is -2.20. The first-order valence-electron chi connectivity index (χ1n) is 5.51. The summed E-state index contributed by atoms with van der Waals surface area (Å²) in [5.74, 6) is -2.16. The Labute approximate surface area is 116 Å². The number of alkyl halides is 3. The second-order valence-corrected chi connectivity index (χ2v) is 6.74. The van der Waals surface area contributed by atoms with E-state index in [1.165, 1.54) is 12.1 Å². The molecule has 0 amide bonds. The lowest BCUT2D eigenvalue weighted by Gasteiger charge is -2.13. The summed E-state index contributed by atoms with van der Waals surface area (Å²) in [4.78, 5) is 0. The predicted molar refractivity (Wildman–Crippen MR) is 68.6 cm³/mol. The smallest absolute Gasteiger partial charge is 0.403 e. The maximum absolute atomic E-state index is 13.7. The van der Waals surface area contributed by atoms with Crippen molar-refractivity contribution in [3.8, 4) is 5.75 Å². The first-order chi connectivity index (χ1) is 9.00. The van der Waals surface area contributed by atoms with Crippen LogP contribution in [0.3, 0.4) is 0 Å². The van der Waals surface area contributed by atoms with Crippen molar-refractivity contribution in [2.45, 2.75) is 31.9 Å². The van der Waals surface area contributed by atoms with Crippen molar-refractivity contribution in [2.75, 3.05) is 0 Å². The first-order valence-corrected chi connectivity index (χ1v) is 6.62. The third-order valence-corrected chi connectivity index (χ3v) is 3.37. The number of hydrogen-bond donors (Lipinski definition) is 0. The van der Waals surface area contributed by atoms with E-state index in [0.29, 0.717) is 0 Å². The Bertz CT molecular complexity index is 535. The van der Waals surface area contributed by atoms with Gasteiger partial charge in [-0.3, -0.25) is 0 Å². The quantitative estimate of drug-likeness (QED) is 0.632. The molecule has 1 atom stereocenters. The average molecular weight is 311 g/mol. The van der Waals surface area contributed by atoms with E-state index in [1.807, 2.05) is 0 Å². The summed E-state index contributed by atoms with van der Waals surface area (Å²) in [5, 5.41) is 0. The first kappa shape index (κ1) is 16.6. The molecule has 1 aromatic carbocycles. The van der Waals surface area contributed by atoms with Crippen LogP contribution in [0.1, 0.15) is 26.3 Å². The van der Waals surface area contributed by atoms with Crippen molar-refractivity contribution in [3.63, 3.8) is 0 Å². The lowest BCUT2D eigenvalue weighted by molar-refractivity contribution is -0.275. The zero-order valence-electron chi connectivity index (χ0n) is 11.0. The zero-order valence-corrected chi connectivity index (χ0v) is 11.8. The molecular formula is C12H13F4NO2S. The molecule has 0 aliphatic rings. The van der Waals surface area contributed by atoms with Crippen LogP contribution in [0.25, 0.3) is 0 Å². The molecule has 0 radical (unpaired) electrons. The minimum atomic E-state index is -4.98. The number of benzene rings is 1. The van der Waals surface area contributed by atoms with Crippen LogP contribution >= 0.6 is 0 Å². The van der Waals surface area contributed by atoms with Crippen LogP contribution in [-0.4, -0.2) is 21.5 Å². The van der Waals surface area contributed by atoms with Crippen molar-refractivity contribution in [2.24, 2.45) is 4.40 Å². The molecule has 0 saturated carbocycles. The summed E-state index contributed by atoms with van der Waals surface area (Å²) < 4.78 is 68.1. The highest BCUT2D eigenvalue weighted by molar-refractivity contribution is 7.85. The molecule has 0 aliphatic heterocycles. The summed E-state index contributed by atoms with van der Waals surface area (Å²) in [7, 11) is -1.63. The Balaban J connectivity index is 3.01. The topological polar surface area (TPSA) is 38.7 Å². The van der Waals surface area contributed by atoms with Gasteiger partial charge in [0.15, 0.2) is 11.6 Å². The summed E-state index contributed by atoms with van der Waals surface area (Å²) in [6, 6.07) is 3.24.